The van der Waals surface area contributed by atoms with Crippen LogP contribution >= 0.6 is 0 Å². The van der Waals surface area contributed by atoms with Crippen LogP contribution < -0.4 is 10.5 Å². The molecule has 1 amide bonds. The van der Waals surface area contributed by atoms with Crippen LogP contribution in [0.2, 0.25) is 0 Å². The van der Waals surface area contributed by atoms with Gasteiger partial charge in [0.2, 0.25) is 0 Å². The summed E-state index contributed by atoms with van der Waals surface area (Å²) in [6, 6.07) is 1.67. The van der Waals surface area contributed by atoms with E-state index in [0.717, 1.165) is 12.8 Å². The van der Waals surface area contributed by atoms with Gasteiger partial charge in [0.05, 0.1) is 11.7 Å². The van der Waals surface area contributed by atoms with Crippen LogP contribution in [0.5, 0.6) is 5.75 Å². The molecule has 1 aliphatic rings. The maximum Gasteiger partial charge on any atom is 0.254 e. The van der Waals surface area contributed by atoms with Crippen molar-refractivity contribution in [1.82, 2.24) is 4.98 Å². The van der Waals surface area contributed by atoms with Crippen molar-refractivity contribution in [2.45, 2.75) is 18.9 Å². The van der Waals surface area contributed by atoms with Crippen LogP contribution in [-0.2, 0) is 0 Å². The second-order valence-electron chi connectivity index (χ2n) is 3.05. The van der Waals surface area contributed by atoms with Gasteiger partial charge in [-0.2, -0.15) is 0 Å². The first-order valence-corrected chi connectivity index (χ1v) is 4.18. The van der Waals surface area contributed by atoms with E-state index in [1.807, 2.05) is 0 Å². The second kappa shape index (κ2) is 3.05. The van der Waals surface area contributed by atoms with Crippen molar-refractivity contribution in [2.24, 2.45) is 5.73 Å². The van der Waals surface area contributed by atoms with Gasteiger partial charge in [0.15, 0.2) is 0 Å². The Bertz CT molecular complexity index is 334. The third kappa shape index (κ3) is 1.77. The van der Waals surface area contributed by atoms with Gasteiger partial charge in [-0.3, -0.25) is 9.78 Å². The minimum Gasteiger partial charge on any atom is -0.489 e. The van der Waals surface area contributed by atoms with Gasteiger partial charge < -0.3 is 10.5 Å². The molecule has 4 nitrogen and oxygen atoms in total. The number of nitrogens with zero attached hydrogens (tertiary/aromatic N) is 1. The van der Waals surface area contributed by atoms with Gasteiger partial charge in [0.25, 0.3) is 5.91 Å². The number of hydrogen-bond acceptors (Lipinski definition) is 3. The smallest absolute Gasteiger partial charge is 0.254 e. The summed E-state index contributed by atoms with van der Waals surface area (Å²) >= 11 is 0. The molecule has 0 unspecified atom stereocenters. The third-order valence-electron chi connectivity index (χ3n) is 1.86. The maximum atomic E-state index is 10.9. The first-order chi connectivity index (χ1) is 6.27. The molecule has 1 aliphatic carbocycles. The second-order valence-corrected chi connectivity index (χ2v) is 3.05. The molecule has 68 valence electrons. The number of pyridine rings is 1. The average molecular weight is 178 g/mol. The molecule has 0 atom stereocenters. The summed E-state index contributed by atoms with van der Waals surface area (Å²) in [5, 5.41) is 0. The fourth-order valence-electron chi connectivity index (χ4n) is 1.03. The Labute approximate surface area is 75.7 Å². The quantitative estimate of drug-likeness (QED) is 0.741. The van der Waals surface area contributed by atoms with Gasteiger partial charge in [-0.15, -0.1) is 0 Å². The molecule has 0 spiro atoms. The molecule has 2 rings (SSSR count). The summed E-state index contributed by atoms with van der Waals surface area (Å²) in [6.45, 7) is 0. The molecule has 2 N–H and O–H groups in total. The van der Waals surface area contributed by atoms with Gasteiger partial charge >= 0.3 is 0 Å². The van der Waals surface area contributed by atoms with Crippen LogP contribution in [0.4, 0.5) is 0 Å². The van der Waals surface area contributed by atoms with Crippen LogP contribution in [0.15, 0.2) is 18.5 Å². The predicted octanol–water partition coefficient (Wildman–Crippen LogP) is 0.722. The van der Waals surface area contributed by atoms with E-state index in [1.54, 1.807) is 12.3 Å². The monoisotopic (exact) mass is 178 g/mol. The fourth-order valence-corrected chi connectivity index (χ4v) is 1.03. The van der Waals surface area contributed by atoms with E-state index in [-0.39, 0.29) is 6.10 Å². The van der Waals surface area contributed by atoms with Crippen LogP contribution in [0.3, 0.4) is 0 Å². The molecule has 0 bridgehead atoms. The highest BCUT2D eigenvalue weighted by Crippen LogP contribution is 2.28. The Morgan fingerprint density at radius 2 is 2.38 bits per heavy atom. The average Bonchev–Trinajstić information content (AvgIpc) is 2.89. The van der Waals surface area contributed by atoms with Gasteiger partial charge in [0.1, 0.15) is 5.75 Å². The van der Waals surface area contributed by atoms with Gasteiger partial charge in [0, 0.05) is 12.4 Å². The molecule has 1 heterocycles. The molecular formula is C9H10N2O2. The van der Waals surface area contributed by atoms with Crippen molar-refractivity contribution in [3.8, 4) is 5.75 Å². The van der Waals surface area contributed by atoms with Crippen molar-refractivity contribution in [2.75, 3.05) is 0 Å². The molecule has 1 aromatic rings. The molecule has 13 heavy (non-hydrogen) atoms. The number of nitrogens with two attached hydrogens (primary N) is 1. The zero-order valence-electron chi connectivity index (χ0n) is 7.06. The van der Waals surface area contributed by atoms with Crippen LogP contribution in [0.25, 0.3) is 0 Å². The van der Waals surface area contributed by atoms with Crippen LogP contribution in [-0.4, -0.2) is 17.0 Å². The lowest BCUT2D eigenvalue weighted by molar-refractivity contribution is 0.0995. The first-order valence-electron chi connectivity index (χ1n) is 4.18. The summed E-state index contributed by atoms with van der Waals surface area (Å²) in [4.78, 5) is 14.7. The number of ether oxygens (including phenoxy) is 1. The fraction of sp³-hybridized carbons (Fsp3) is 0.333. The van der Waals surface area contributed by atoms with E-state index in [2.05, 4.69) is 4.98 Å². The van der Waals surface area contributed by atoms with E-state index in [9.17, 15) is 4.79 Å². The number of primary amides is 1. The van der Waals surface area contributed by atoms with Gasteiger partial charge in [-0.05, 0) is 18.9 Å². The minimum atomic E-state index is -0.497. The van der Waals surface area contributed by atoms with E-state index < -0.39 is 5.91 Å². The van der Waals surface area contributed by atoms with E-state index in [4.69, 9.17) is 10.5 Å². The Morgan fingerprint density at radius 1 is 1.62 bits per heavy atom. The summed E-state index contributed by atoms with van der Waals surface area (Å²) in [7, 11) is 0. The molecule has 1 aromatic heterocycles. The van der Waals surface area contributed by atoms with E-state index in [0.29, 0.717) is 11.3 Å². The predicted molar refractivity (Wildman–Crippen MR) is 46.4 cm³/mol. The molecule has 0 saturated heterocycles. The van der Waals surface area contributed by atoms with E-state index >= 15 is 0 Å². The number of hydrogen-bond donors (Lipinski definition) is 1. The zero-order valence-corrected chi connectivity index (χ0v) is 7.06. The van der Waals surface area contributed by atoms with Crippen molar-refractivity contribution in [3.05, 3.63) is 24.0 Å². The molecular weight excluding hydrogens is 168 g/mol. The Hall–Kier alpha value is -1.58. The highest BCUT2D eigenvalue weighted by molar-refractivity contribution is 5.95. The normalized spacial score (nSPS) is 15.4. The number of rotatable bonds is 3. The lowest BCUT2D eigenvalue weighted by Crippen LogP contribution is -2.13. The van der Waals surface area contributed by atoms with Crippen molar-refractivity contribution >= 4 is 5.91 Å². The topological polar surface area (TPSA) is 65.2 Å². The number of aromatic nitrogens is 1. The Balaban J connectivity index is 2.25. The number of amides is 1. The minimum absolute atomic E-state index is 0.264. The largest absolute Gasteiger partial charge is 0.489 e. The zero-order chi connectivity index (χ0) is 9.26. The molecule has 0 radical (unpaired) electrons. The molecule has 4 heteroatoms. The van der Waals surface area contributed by atoms with E-state index in [1.165, 1.54) is 6.20 Å². The third-order valence-corrected chi connectivity index (χ3v) is 1.86. The van der Waals surface area contributed by atoms with Crippen LogP contribution in [0, 0.1) is 0 Å². The molecule has 0 aromatic carbocycles. The highest BCUT2D eigenvalue weighted by atomic mass is 16.5. The molecule has 1 saturated carbocycles. The maximum absolute atomic E-state index is 10.9. The van der Waals surface area contributed by atoms with Gasteiger partial charge in [-0.25, -0.2) is 0 Å². The summed E-state index contributed by atoms with van der Waals surface area (Å²) in [6.07, 6.45) is 5.39. The lowest BCUT2D eigenvalue weighted by Gasteiger charge is -2.06. The van der Waals surface area contributed by atoms with Crippen molar-refractivity contribution in [3.63, 3.8) is 0 Å². The number of carbonyl (C=O) groups excluding carboxylic acids is 1. The van der Waals surface area contributed by atoms with Crippen molar-refractivity contribution in [1.29, 1.82) is 0 Å². The summed E-state index contributed by atoms with van der Waals surface area (Å²) < 4.78 is 5.48. The highest BCUT2D eigenvalue weighted by Gasteiger charge is 2.25. The summed E-state index contributed by atoms with van der Waals surface area (Å²) in [5.41, 5.74) is 5.51. The number of carbonyl (C=O) groups is 1. The lowest BCUT2D eigenvalue weighted by atomic mass is 10.2. The molecule has 1 fully saturated rings. The summed E-state index contributed by atoms with van der Waals surface area (Å²) in [5.74, 6) is 0.0498. The molecule has 0 aliphatic heterocycles. The Morgan fingerprint density at radius 3 is 3.00 bits per heavy atom. The standard InChI is InChI=1S/C9H10N2O2/c10-9(12)7-5-11-4-3-8(7)13-6-1-2-6/h3-6H,1-2H2,(H2,10,12). The van der Waals surface area contributed by atoms with Gasteiger partial charge in [-0.1, -0.05) is 0 Å². The van der Waals surface area contributed by atoms with Crippen LogP contribution in [0.1, 0.15) is 23.2 Å². The first kappa shape index (κ1) is 8.04. The Kier molecular flexibility index (Phi) is 1.88. The van der Waals surface area contributed by atoms with Crippen molar-refractivity contribution < 1.29 is 9.53 Å². The SMILES string of the molecule is NC(=O)c1cnccc1OC1CC1.